The summed E-state index contributed by atoms with van der Waals surface area (Å²) in [6.45, 7) is 1.37. The number of carbonyl (C=O) groups is 1. The van der Waals surface area contributed by atoms with Gasteiger partial charge in [0, 0.05) is 31.3 Å². The molecule has 0 N–H and O–H groups in total. The predicted molar refractivity (Wildman–Crippen MR) is 108 cm³/mol. The van der Waals surface area contributed by atoms with Gasteiger partial charge in [-0.1, -0.05) is 30.1 Å². The van der Waals surface area contributed by atoms with Crippen LogP contribution in [0, 0.1) is 5.92 Å². The fourth-order valence-corrected chi connectivity index (χ4v) is 4.23. The molecule has 0 bridgehead atoms. The number of benzene rings is 1. The van der Waals surface area contributed by atoms with Crippen molar-refractivity contribution < 1.29 is 14.1 Å². The minimum atomic E-state index is -0.0427. The molecule has 2 aliphatic rings. The first-order valence-electron chi connectivity index (χ1n) is 10.4. The third-order valence-corrected chi connectivity index (χ3v) is 5.79. The van der Waals surface area contributed by atoms with E-state index in [0.29, 0.717) is 29.7 Å². The molecule has 1 saturated carbocycles. The van der Waals surface area contributed by atoms with Crippen LogP contribution < -0.4 is 4.74 Å². The fourth-order valence-electron chi connectivity index (χ4n) is 4.23. The van der Waals surface area contributed by atoms with Gasteiger partial charge >= 0.3 is 0 Å². The van der Waals surface area contributed by atoms with Gasteiger partial charge in [0.05, 0.1) is 18.3 Å². The van der Waals surface area contributed by atoms with Crippen molar-refractivity contribution in [2.24, 2.45) is 5.92 Å². The Morgan fingerprint density at radius 3 is 2.83 bits per heavy atom. The number of rotatable bonds is 5. The summed E-state index contributed by atoms with van der Waals surface area (Å²) in [6.07, 6.45) is 9.92. The minimum absolute atomic E-state index is 0.0427. The molecule has 1 aliphatic heterocycles. The van der Waals surface area contributed by atoms with Gasteiger partial charge in [-0.05, 0) is 25.0 Å². The summed E-state index contributed by atoms with van der Waals surface area (Å²) >= 11 is 0. The van der Waals surface area contributed by atoms with Crippen molar-refractivity contribution in [1.29, 1.82) is 0 Å². The van der Waals surface area contributed by atoms with Crippen LogP contribution in [0.3, 0.4) is 0 Å². The second-order valence-electron chi connectivity index (χ2n) is 7.80. The van der Waals surface area contributed by atoms with Crippen LogP contribution in [0.2, 0.25) is 0 Å². The first-order valence-corrected chi connectivity index (χ1v) is 10.4. The van der Waals surface area contributed by atoms with E-state index in [0.717, 1.165) is 44.2 Å². The molecule has 154 valence electrons. The van der Waals surface area contributed by atoms with Crippen molar-refractivity contribution >= 4 is 5.91 Å². The Hall–Kier alpha value is -3.29. The van der Waals surface area contributed by atoms with Gasteiger partial charge in [0.2, 0.25) is 11.7 Å². The van der Waals surface area contributed by atoms with Gasteiger partial charge in [0.1, 0.15) is 17.5 Å². The number of ether oxygens (including phenoxy) is 1. The number of aromatic nitrogens is 4. The van der Waals surface area contributed by atoms with Crippen LogP contribution >= 0.6 is 0 Å². The van der Waals surface area contributed by atoms with E-state index in [1.54, 1.807) is 18.6 Å². The Labute approximate surface area is 174 Å². The highest BCUT2D eigenvalue weighted by atomic mass is 16.5. The van der Waals surface area contributed by atoms with Gasteiger partial charge < -0.3 is 14.2 Å². The molecule has 1 aromatic carbocycles. The molecule has 1 amide bonds. The molecule has 1 saturated heterocycles. The highest BCUT2D eigenvalue weighted by Crippen LogP contribution is 2.33. The van der Waals surface area contributed by atoms with E-state index >= 15 is 0 Å². The molecular formula is C22H23N5O3. The van der Waals surface area contributed by atoms with Gasteiger partial charge in [-0.3, -0.25) is 9.78 Å². The standard InChI is InChI=1S/C22H23N5O3/c28-22(15-5-1-2-6-15)27-12-9-16(14-27)29-19-8-4-3-7-17(19)21-25-20(26-30-21)18-13-23-10-11-24-18/h3-4,7-8,10-11,13,15-16H,1-2,5-6,9,12,14H2. The smallest absolute Gasteiger partial charge is 0.262 e. The third kappa shape index (κ3) is 3.77. The van der Waals surface area contributed by atoms with Gasteiger partial charge in [0.15, 0.2) is 0 Å². The molecule has 5 rings (SSSR count). The Morgan fingerprint density at radius 1 is 1.13 bits per heavy atom. The zero-order valence-electron chi connectivity index (χ0n) is 16.6. The lowest BCUT2D eigenvalue weighted by Crippen LogP contribution is -2.34. The minimum Gasteiger partial charge on any atom is -0.488 e. The molecule has 1 aliphatic carbocycles. The number of hydrogen-bond donors (Lipinski definition) is 0. The summed E-state index contributed by atoms with van der Waals surface area (Å²) in [6, 6.07) is 7.59. The summed E-state index contributed by atoms with van der Waals surface area (Å²) in [7, 11) is 0. The summed E-state index contributed by atoms with van der Waals surface area (Å²) in [5, 5.41) is 4.02. The lowest BCUT2D eigenvalue weighted by atomic mass is 10.1. The molecule has 8 heteroatoms. The summed E-state index contributed by atoms with van der Waals surface area (Å²) in [5.41, 5.74) is 1.27. The van der Waals surface area contributed by atoms with E-state index in [4.69, 9.17) is 9.26 Å². The average molecular weight is 405 g/mol. The molecule has 0 radical (unpaired) electrons. The van der Waals surface area contributed by atoms with Crippen molar-refractivity contribution in [2.75, 3.05) is 13.1 Å². The van der Waals surface area contributed by atoms with Crippen LogP contribution in [-0.4, -0.2) is 50.1 Å². The van der Waals surface area contributed by atoms with Crippen LogP contribution in [0.25, 0.3) is 23.0 Å². The molecule has 3 aromatic rings. The van der Waals surface area contributed by atoms with Crippen molar-refractivity contribution in [1.82, 2.24) is 25.0 Å². The molecule has 1 unspecified atom stereocenters. The lowest BCUT2D eigenvalue weighted by Gasteiger charge is -2.21. The zero-order valence-corrected chi connectivity index (χ0v) is 16.6. The Morgan fingerprint density at radius 2 is 2.00 bits per heavy atom. The van der Waals surface area contributed by atoms with E-state index in [1.165, 1.54) is 0 Å². The van der Waals surface area contributed by atoms with Gasteiger partial charge in [0.25, 0.3) is 5.89 Å². The molecule has 1 atom stereocenters. The maximum absolute atomic E-state index is 12.7. The topological polar surface area (TPSA) is 94.2 Å². The fraction of sp³-hybridized carbons (Fsp3) is 0.409. The van der Waals surface area contributed by atoms with Gasteiger partial charge in [-0.25, -0.2) is 4.98 Å². The molecule has 2 aromatic heterocycles. The summed E-state index contributed by atoms with van der Waals surface area (Å²) < 4.78 is 11.7. The molecule has 30 heavy (non-hydrogen) atoms. The van der Waals surface area contributed by atoms with E-state index in [-0.39, 0.29) is 17.9 Å². The molecule has 8 nitrogen and oxygen atoms in total. The predicted octanol–water partition coefficient (Wildman–Crippen LogP) is 3.36. The monoisotopic (exact) mass is 405 g/mol. The first-order chi connectivity index (χ1) is 14.8. The SMILES string of the molecule is O=C(C1CCCC1)N1CCC(Oc2ccccc2-c2nc(-c3cnccn3)no2)C1. The number of para-hydroxylation sites is 1. The maximum atomic E-state index is 12.7. The van der Waals surface area contributed by atoms with Crippen molar-refractivity contribution in [3.63, 3.8) is 0 Å². The van der Waals surface area contributed by atoms with Crippen LogP contribution in [-0.2, 0) is 4.79 Å². The number of likely N-dealkylation sites (tertiary alicyclic amines) is 1. The Balaban J connectivity index is 1.30. The highest BCUT2D eigenvalue weighted by molar-refractivity contribution is 5.79. The molecule has 0 spiro atoms. The van der Waals surface area contributed by atoms with E-state index < -0.39 is 0 Å². The third-order valence-electron chi connectivity index (χ3n) is 5.79. The average Bonchev–Trinajstić information content (AvgIpc) is 3.56. The molecule has 2 fully saturated rings. The van der Waals surface area contributed by atoms with Crippen LogP contribution in [0.5, 0.6) is 5.75 Å². The number of carbonyl (C=O) groups excluding carboxylic acids is 1. The summed E-state index contributed by atoms with van der Waals surface area (Å²) in [4.78, 5) is 27.4. The summed E-state index contributed by atoms with van der Waals surface area (Å²) in [5.74, 6) is 1.91. The normalized spacial score (nSPS) is 19.3. The zero-order chi connectivity index (χ0) is 20.3. The maximum Gasteiger partial charge on any atom is 0.262 e. The number of hydrogen-bond acceptors (Lipinski definition) is 7. The highest BCUT2D eigenvalue weighted by Gasteiger charge is 2.33. The van der Waals surface area contributed by atoms with Crippen LogP contribution in [0.1, 0.15) is 32.1 Å². The lowest BCUT2D eigenvalue weighted by molar-refractivity contribution is -0.134. The quantitative estimate of drug-likeness (QED) is 0.642. The molecule has 3 heterocycles. The van der Waals surface area contributed by atoms with Crippen molar-refractivity contribution in [2.45, 2.75) is 38.2 Å². The van der Waals surface area contributed by atoms with E-state index in [2.05, 4.69) is 20.1 Å². The van der Waals surface area contributed by atoms with Crippen LogP contribution in [0.15, 0.2) is 47.4 Å². The Kier molecular flexibility index (Phi) is 5.13. The molecular weight excluding hydrogens is 382 g/mol. The van der Waals surface area contributed by atoms with Crippen LogP contribution in [0.4, 0.5) is 0 Å². The Bertz CT molecular complexity index is 1020. The van der Waals surface area contributed by atoms with Crippen molar-refractivity contribution in [3.05, 3.63) is 42.9 Å². The van der Waals surface area contributed by atoms with Gasteiger partial charge in [-0.15, -0.1) is 0 Å². The van der Waals surface area contributed by atoms with E-state index in [1.807, 2.05) is 29.2 Å². The largest absolute Gasteiger partial charge is 0.488 e. The number of nitrogens with zero attached hydrogens (tertiary/aromatic N) is 5. The van der Waals surface area contributed by atoms with Gasteiger partial charge in [-0.2, -0.15) is 4.98 Å². The van der Waals surface area contributed by atoms with Crippen molar-refractivity contribution in [3.8, 4) is 28.7 Å². The first kappa shape index (κ1) is 18.7. The number of amides is 1. The van der Waals surface area contributed by atoms with E-state index in [9.17, 15) is 4.79 Å². The second-order valence-corrected chi connectivity index (χ2v) is 7.80. The second kappa shape index (κ2) is 8.22.